The van der Waals surface area contributed by atoms with Crippen LogP contribution in [0.15, 0.2) is 60.8 Å². The summed E-state index contributed by atoms with van der Waals surface area (Å²) in [6, 6.07) is 16.2. The number of aromatic nitrogens is 1. The van der Waals surface area contributed by atoms with Gasteiger partial charge in [-0.1, -0.05) is 48.5 Å². The fraction of sp³-hybridized carbons (Fsp3) is 0.393. The van der Waals surface area contributed by atoms with Gasteiger partial charge in [-0.3, -0.25) is 14.4 Å². The van der Waals surface area contributed by atoms with Gasteiger partial charge in [0.25, 0.3) is 0 Å². The SMILES string of the molecule is CB(O)N1CCC(C(=O)NC(Cc2c[nH]c3ccccc23)C(=O)NCC(Cc2ccccc2)C(=O)O)CC1. The van der Waals surface area contributed by atoms with Crippen LogP contribution in [0.1, 0.15) is 24.0 Å². The molecular weight excluding hydrogens is 483 g/mol. The van der Waals surface area contributed by atoms with Crippen LogP contribution in [0.5, 0.6) is 0 Å². The molecule has 1 fully saturated rings. The molecule has 9 nitrogen and oxygen atoms in total. The van der Waals surface area contributed by atoms with Crippen molar-refractivity contribution in [1.82, 2.24) is 20.4 Å². The van der Waals surface area contributed by atoms with Gasteiger partial charge in [0.05, 0.1) is 5.92 Å². The van der Waals surface area contributed by atoms with Crippen LogP contribution in [0.25, 0.3) is 10.9 Å². The average molecular weight is 518 g/mol. The molecule has 1 saturated heterocycles. The highest BCUT2D eigenvalue weighted by Gasteiger charge is 2.31. The lowest BCUT2D eigenvalue weighted by Gasteiger charge is -2.32. The van der Waals surface area contributed by atoms with E-state index in [1.165, 1.54) is 0 Å². The highest BCUT2D eigenvalue weighted by molar-refractivity contribution is 6.45. The first kappa shape index (κ1) is 27.4. The average Bonchev–Trinajstić information content (AvgIpc) is 3.33. The lowest BCUT2D eigenvalue weighted by molar-refractivity contribution is -0.142. The molecule has 38 heavy (non-hydrogen) atoms. The van der Waals surface area contributed by atoms with Crippen molar-refractivity contribution >= 4 is 35.7 Å². The smallest absolute Gasteiger partial charge is 0.376 e. The fourth-order valence-electron chi connectivity index (χ4n) is 5.05. The minimum absolute atomic E-state index is 0.0455. The van der Waals surface area contributed by atoms with E-state index in [0.717, 1.165) is 22.0 Å². The fourth-order valence-corrected chi connectivity index (χ4v) is 5.05. The summed E-state index contributed by atoms with van der Waals surface area (Å²) in [7, 11) is -0.558. The first-order chi connectivity index (χ1) is 18.3. The number of hydrogen-bond donors (Lipinski definition) is 5. The zero-order chi connectivity index (χ0) is 27.1. The van der Waals surface area contributed by atoms with Crippen molar-refractivity contribution in [2.75, 3.05) is 19.6 Å². The summed E-state index contributed by atoms with van der Waals surface area (Å²) in [6.07, 6.45) is 3.59. The Morgan fingerprint density at radius 2 is 1.74 bits per heavy atom. The van der Waals surface area contributed by atoms with Crippen molar-refractivity contribution < 1.29 is 24.5 Å². The van der Waals surface area contributed by atoms with Crippen LogP contribution in [-0.2, 0) is 27.2 Å². The molecule has 2 aromatic carbocycles. The standard InChI is InChI=1S/C28H35BN4O5/c1-29(38)33-13-11-20(12-14-33)26(34)32-25(16-21-17-30-24-10-6-5-9-23(21)24)27(35)31-18-22(28(36)37)15-19-7-3-2-4-8-19/h2-10,17,20,22,25,30,38H,11-16,18H2,1H3,(H,31,35)(H,32,34)(H,36,37). The maximum atomic E-state index is 13.4. The number of hydrogen-bond acceptors (Lipinski definition) is 5. The number of carboxylic acids is 1. The van der Waals surface area contributed by atoms with Gasteiger partial charge in [0.15, 0.2) is 0 Å². The number of aliphatic carboxylic acids is 1. The van der Waals surface area contributed by atoms with Gasteiger partial charge >= 0.3 is 13.0 Å². The third-order valence-electron chi connectivity index (χ3n) is 7.36. The highest BCUT2D eigenvalue weighted by Crippen LogP contribution is 2.21. The number of fused-ring (bicyclic) bond motifs is 1. The first-order valence-corrected chi connectivity index (χ1v) is 13.1. The molecule has 1 aliphatic heterocycles. The van der Waals surface area contributed by atoms with Crippen molar-refractivity contribution in [3.63, 3.8) is 0 Å². The summed E-state index contributed by atoms with van der Waals surface area (Å²) in [5, 5.41) is 26.3. The molecular formula is C28H35BN4O5. The molecule has 4 rings (SSSR count). The molecule has 5 N–H and O–H groups in total. The van der Waals surface area contributed by atoms with Gasteiger partial charge < -0.3 is 30.6 Å². The second-order valence-electron chi connectivity index (χ2n) is 10.0. The molecule has 1 aromatic heterocycles. The summed E-state index contributed by atoms with van der Waals surface area (Å²) in [4.78, 5) is 43.6. The number of amides is 2. The van der Waals surface area contributed by atoms with E-state index in [4.69, 9.17) is 0 Å². The van der Waals surface area contributed by atoms with E-state index in [-0.39, 0.29) is 31.2 Å². The Kier molecular flexibility index (Phi) is 9.20. The molecule has 2 atom stereocenters. The van der Waals surface area contributed by atoms with E-state index >= 15 is 0 Å². The van der Waals surface area contributed by atoms with Crippen molar-refractivity contribution in [2.24, 2.45) is 11.8 Å². The number of rotatable bonds is 11. The zero-order valence-corrected chi connectivity index (χ0v) is 21.6. The second kappa shape index (κ2) is 12.8. The van der Waals surface area contributed by atoms with Gasteiger partial charge in [0, 0.05) is 36.0 Å². The maximum absolute atomic E-state index is 13.4. The molecule has 0 spiro atoms. The molecule has 2 unspecified atom stereocenters. The summed E-state index contributed by atoms with van der Waals surface area (Å²) in [6.45, 7) is 2.88. The van der Waals surface area contributed by atoms with E-state index in [1.54, 1.807) is 6.82 Å². The molecule has 0 aliphatic carbocycles. The number of H-pyrrole nitrogens is 1. The summed E-state index contributed by atoms with van der Waals surface area (Å²) < 4.78 is 0. The predicted molar refractivity (Wildman–Crippen MR) is 146 cm³/mol. The van der Waals surface area contributed by atoms with Crippen LogP contribution in [-0.4, -0.2) is 70.4 Å². The first-order valence-electron chi connectivity index (χ1n) is 13.1. The van der Waals surface area contributed by atoms with E-state index in [0.29, 0.717) is 25.9 Å². The molecule has 10 heteroatoms. The number of carbonyl (C=O) groups is 3. The Morgan fingerprint density at radius 3 is 2.42 bits per heavy atom. The van der Waals surface area contributed by atoms with E-state index in [9.17, 15) is 24.5 Å². The normalized spacial score (nSPS) is 16.1. The van der Waals surface area contributed by atoms with Crippen LogP contribution in [0.2, 0.25) is 6.82 Å². The lowest BCUT2D eigenvalue weighted by atomic mass is 9.81. The van der Waals surface area contributed by atoms with Gasteiger partial charge in [-0.2, -0.15) is 0 Å². The zero-order valence-electron chi connectivity index (χ0n) is 21.6. The second-order valence-corrected chi connectivity index (χ2v) is 10.0. The Balaban J connectivity index is 1.45. The van der Waals surface area contributed by atoms with Gasteiger partial charge in [-0.15, -0.1) is 0 Å². The van der Waals surface area contributed by atoms with Crippen LogP contribution in [0.3, 0.4) is 0 Å². The molecule has 3 aromatic rings. The van der Waals surface area contributed by atoms with Gasteiger partial charge in [-0.05, 0) is 56.4 Å². The highest BCUT2D eigenvalue weighted by atomic mass is 16.4. The molecule has 0 bridgehead atoms. The Morgan fingerprint density at radius 1 is 1.05 bits per heavy atom. The Hall–Kier alpha value is -3.63. The lowest BCUT2D eigenvalue weighted by Crippen LogP contribution is -2.52. The minimum Gasteiger partial charge on any atom is -0.481 e. The number of nitrogens with zero attached hydrogens (tertiary/aromatic N) is 1. The third-order valence-corrected chi connectivity index (χ3v) is 7.36. The molecule has 2 amide bonds. The van der Waals surface area contributed by atoms with E-state index in [2.05, 4.69) is 15.6 Å². The monoisotopic (exact) mass is 518 g/mol. The van der Waals surface area contributed by atoms with Gasteiger partial charge in [0.2, 0.25) is 11.8 Å². The summed E-state index contributed by atoms with van der Waals surface area (Å²) in [5.74, 6) is -2.65. The molecule has 200 valence electrons. The summed E-state index contributed by atoms with van der Waals surface area (Å²) >= 11 is 0. The maximum Gasteiger partial charge on any atom is 0.376 e. The van der Waals surface area contributed by atoms with Crippen LogP contribution < -0.4 is 10.6 Å². The van der Waals surface area contributed by atoms with Crippen LogP contribution in [0, 0.1) is 11.8 Å². The number of aromatic amines is 1. The number of carboxylic acid groups (broad SMARTS) is 1. The van der Waals surface area contributed by atoms with Crippen LogP contribution in [0.4, 0.5) is 0 Å². The van der Waals surface area contributed by atoms with E-state index < -0.39 is 30.9 Å². The number of carbonyl (C=O) groups excluding carboxylic acids is 2. The number of nitrogens with one attached hydrogen (secondary N) is 3. The Bertz CT molecular complexity index is 1240. The van der Waals surface area contributed by atoms with Crippen molar-refractivity contribution in [3.05, 3.63) is 71.9 Å². The van der Waals surface area contributed by atoms with Crippen LogP contribution >= 0.6 is 0 Å². The van der Waals surface area contributed by atoms with Gasteiger partial charge in [0.1, 0.15) is 6.04 Å². The quantitative estimate of drug-likeness (QED) is 0.247. The third kappa shape index (κ3) is 7.02. The van der Waals surface area contributed by atoms with Crippen molar-refractivity contribution in [3.8, 4) is 0 Å². The minimum atomic E-state index is -0.990. The number of benzene rings is 2. The summed E-state index contributed by atoms with van der Waals surface area (Å²) in [5.41, 5.74) is 2.71. The number of para-hydroxylation sites is 1. The van der Waals surface area contributed by atoms with Crippen molar-refractivity contribution in [2.45, 2.75) is 38.5 Å². The Labute approximate surface area is 222 Å². The molecule has 0 saturated carbocycles. The van der Waals surface area contributed by atoms with E-state index in [1.807, 2.05) is 65.6 Å². The molecule has 1 aliphatic rings. The predicted octanol–water partition coefficient (Wildman–Crippen LogP) is 2.08. The number of piperidine rings is 1. The molecule has 0 radical (unpaired) electrons. The van der Waals surface area contributed by atoms with Gasteiger partial charge in [-0.25, -0.2) is 0 Å². The largest absolute Gasteiger partial charge is 0.481 e. The topological polar surface area (TPSA) is 135 Å². The molecule has 2 heterocycles. The van der Waals surface area contributed by atoms with Crippen molar-refractivity contribution in [1.29, 1.82) is 0 Å².